The molecule has 1 saturated heterocycles. The van der Waals surface area contributed by atoms with Gasteiger partial charge in [0.25, 0.3) is 0 Å². The maximum Gasteiger partial charge on any atom is 0.0391 e. The summed E-state index contributed by atoms with van der Waals surface area (Å²) >= 11 is 0. The van der Waals surface area contributed by atoms with Gasteiger partial charge >= 0.3 is 0 Å². The van der Waals surface area contributed by atoms with Crippen molar-refractivity contribution in [1.82, 2.24) is 4.90 Å². The minimum atomic E-state index is 0.589. The van der Waals surface area contributed by atoms with E-state index in [-0.39, 0.29) is 0 Å². The fourth-order valence-electron chi connectivity index (χ4n) is 2.59. The molecule has 0 saturated carbocycles. The summed E-state index contributed by atoms with van der Waals surface area (Å²) in [6.45, 7) is 7.87. The van der Waals surface area contributed by atoms with E-state index in [1.165, 1.54) is 38.0 Å². The molecule has 0 amide bonds. The molecule has 1 aromatic rings. The van der Waals surface area contributed by atoms with Gasteiger partial charge in [-0.2, -0.15) is 0 Å². The van der Waals surface area contributed by atoms with Crippen molar-refractivity contribution >= 4 is 11.4 Å². The first-order valence-electron chi connectivity index (χ1n) is 7.01. The van der Waals surface area contributed by atoms with Crippen molar-refractivity contribution in [3.05, 3.63) is 23.8 Å². The molecule has 1 heterocycles. The predicted molar refractivity (Wildman–Crippen MR) is 79.0 cm³/mol. The lowest BCUT2D eigenvalue weighted by molar-refractivity contribution is 0.180. The van der Waals surface area contributed by atoms with Crippen molar-refractivity contribution in [3.63, 3.8) is 0 Å². The summed E-state index contributed by atoms with van der Waals surface area (Å²) in [6, 6.07) is 6.66. The molecule has 0 radical (unpaired) electrons. The maximum absolute atomic E-state index is 5.92. The third kappa shape index (κ3) is 3.16. The fourth-order valence-corrected chi connectivity index (χ4v) is 2.59. The first-order chi connectivity index (χ1) is 8.68. The monoisotopic (exact) mass is 247 g/mol. The Morgan fingerprint density at radius 2 is 2.00 bits per heavy atom. The molecule has 18 heavy (non-hydrogen) atoms. The maximum atomic E-state index is 5.92. The van der Waals surface area contributed by atoms with Gasteiger partial charge in [0, 0.05) is 24.0 Å². The third-order valence-electron chi connectivity index (χ3n) is 3.98. The lowest BCUT2D eigenvalue weighted by atomic mass is 10.1. The van der Waals surface area contributed by atoms with Crippen molar-refractivity contribution in [1.29, 1.82) is 0 Å². The summed E-state index contributed by atoms with van der Waals surface area (Å²) in [6.07, 6.45) is 4.09. The quantitative estimate of drug-likeness (QED) is 0.804. The molecule has 0 spiro atoms. The van der Waals surface area contributed by atoms with E-state index in [1.807, 2.05) is 12.1 Å². The van der Waals surface area contributed by atoms with Crippen molar-refractivity contribution in [2.45, 2.75) is 39.2 Å². The molecule has 1 unspecified atom stereocenters. The first kappa shape index (κ1) is 13.2. The largest absolute Gasteiger partial charge is 0.398 e. The summed E-state index contributed by atoms with van der Waals surface area (Å²) in [5.41, 5.74) is 9.11. The molecule has 3 heteroatoms. The highest BCUT2D eigenvalue weighted by Crippen LogP contribution is 2.21. The molecule has 3 nitrogen and oxygen atoms in total. The van der Waals surface area contributed by atoms with Crippen molar-refractivity contribution < 1.29 is 0 Å². The third-order valence-corrected chi connectivity index (χ3v) is 3.98. The van der Waals surface area contributed by atoms with Crippen LogP contribution in [0.2, 0.25) is 0 Å². The lowest BCUT2D eigenvalue weighted by Gasteiger charge is -2.32. The fraction of sp³-hybridized carbons (Fsp3) is 0.600. The number of nitrogens with one attached hydrogen (secondary N) is 1. The number of hydrogen-bond donors (Lipinski definition) is 2. The van der Waals surface area contributed by atoms with Crippen LogP contribution in [0, 0.1) is 6.92 Å². The standard InChI is InChI=1S/C15H25N3/c1-12(18-9-4-3-5-10-18)11-17-15-8-6-7-14(16)13(15)2/h6-8,12,17H,3-5,9-11,16H2,1-2H3. The van der Waals surface area contributed by atoms with Gasteiger partial charge in [0.1, 0.15) is 0 Å². The Hall–Kier alpha value is -1.22. The van der Waals surface area contributed by atoms with E-state index in [0.717, 1.165) is 17.8 Å². The average Bonchev–Trinajstić information content (AvgIpc) is 2.41. The van der Waals surface area contributed by atoms with E-state index in [2.05, 4.69) is 30.1 Å². The van der Waals surface area contributed by atoms with Gasteiger partial charge in [-0.05, 0) is 57.5 Å². The number of nitrogens with zero attached hydrogens (tertiary/aromatic N) is 1. The average molecular weight is 247 g/mol. The highest BCUT2D eigenvalue weighted by Gasteiger charge is 2.16. The smallest absolute Gasteiger partial charge is 0.0391 e. The summed E-state index contributed by atoms with van der Waals surface area (Å²) in [7, 11) is 0. The molecule has 2 rings (SSSR count). The van der Waals surface area contributed by atoms with Crippen LogP contribution < -0.4 is 11.1 Å². The molecule has 0 aromatic heterocycles. The van der Waals surface area contributed by atoms with Gasteiger partial charge in [0.2, 0.25) is 0 Å². The number of nitrogens with two attached hydrogens (primary N) is 1. The van der Waals surface area contributed by atoms with Crippen molar-refractivity contribution in [3.8, 4) is 0 Å². The predicted octanol–water partition coefficient (Wildman–Crippen LogP) is 2.86. The second kappa shape index (κ2) is 6.10. The number of anilines is 2. The molecule has 1 aliphatic heterocycles. The zero-order valence-corrected chi connectivity index (χ0v) is 11.6. The van der Waals surface area contributed by atoms with Crippen LogP contribution in [0.1, 0.15) is 31.7 Å². The summed E-state index contributed by atoms with van der Waals surface area (Å²) in [5.74, 6) is 0. The number of nitrogen functional groups attached to an aromatic ring is 1. The number of piperidine rings is 1. The molecule has 100 valence electrons. The van der Waals surface area contributed by atoms with Gasteiger partial charge in [-0.25, -0.2) is 0 Å². The minimum absolute atomic E-state index is 0.589. The molecular formula is C15H25N3. The number of benzene rings is 1. The topological polar surface area (TPSA) is 41.3 Å². The van der Waals surface area contributed by atoms with E-state index in [1.54, 1.807) is 0 Å². The van der Waals surface area contributed by atoms with Gasteiger partial charge in [-0.1, -0.05) is 12.5 Å². The Bertz CT molecular complexity index is 383. The second-order valence-electron chi connectivity index (χ2n) is 5.35. The zero-order valence-electron chi connectivity index (χ0n) is 11.6. The summed E-state index contributed by atoms with van der Waals surface area (Å²) in [5, 5.41) is 3.53. The highest BCUT2D eigenvalue weighted by molar-refractivity contribution is 5.62. The molecule has 1 aliphatic rings. The SMILES string of the molecule is Cc1c(N)cccc1NCC(C)N1CCCCC1. The van der Waals surface area contributed by atoms with Gasteiger partial charge in [0.15, 0.2) is 0 Å². The van der Waals surface area contributed by atoms with Crippen molar-refractivity contribution in [2.24, 2.45) is 0 Å². The van der Waals surface area contributed by atoms with Crippen LogP contribution >= 0.6 is 0 Å². The van der Waals surface area contributed by atoms with Crippen LogP contribution in [0.5, 0.6) is 0 Å². The highest BCUT2D eigenvalue weighted by atomic mass is 15.2. The molecule has 1 fully saturated rings. The normalized spacial score (nSPS) is 18.6. The van der Waals surface area contributed by atoms with Gasteiger partial charge in [-0.3, -0.25) is 4.90 Å². The molecular weight excluding hydrogens is 222 g/mol. The molecule has 1 atom stereocenters. The van der Waals surface area contributed by atoms with E-state index in [4.69, 9.17) is 5.73 Å². The van der Waals surface area contributed by atoms with Crippen LogP contribution in [0.3, 0.4) is 0 Å². The van der Waals surface area contributed by atoms with Crippen LogP contribution in [-0.4, -0.2) is 30.6 Å². The Morgan fingerprint density at radius 1 is 1.28 bits per heavy atom. The van der Waals surface area contributed by atoms with Crippen LogP contribution in [0.25, 0.3) is 0 Å². The number of hydrogen-bond acceptors (Lipinski definition) is 3. The van der Waals surface area contributed by atoms with Gasteiger partial charge in [-0.15, -0.1) is 0 Å². The Labute approximate surface area is 110 Å². The van der Waals surface area contributed by atoms with Crippen LogP contribution in [-0.2, 0) is 0 Å². The Kier molecular flexibility index (Phi) is 4.48. The van der Waals surface area contributed by atoms with Crippen LogP contribution in [0.15, 0.2) is 18.2 Å². The molecule has 3 N–H and O–H groups in total. The lowest BCUT2D eigenvalue weighted by Crippen LogP contribution is -2.41. The zero-order chi connectivity index (χ0) is 13.0. The van der Waals surface area contributed by atoms with Crippen LogP contribution in [0.4, 0.5) is 11.4 Å². The second-order valence-corrected chi connectivity index (χ2v) is 5.35. The molecule has 0 aliphatic carbocycles. The van der Waals surface area contributed by atoms with Gasteiger partial charge < -0.3 is 11.1 Å². The van der Waals surface area contributed by atoms with E-state index >= 15 is 0 Å². The number of rotatable bonds is 4. The minimum Gasteiger partial charge on any atom is -0.398 e. The Balaban J connectivity index is 1.88. The molecule has 1 aromatic carbocycles. The Morgan fingerprint density at radius 3 is 2.72 bits per heavy atom. The van der Waals surface area contributed by atoms with Crippen molar-refractivity contribution in [2.75, 3.05) is 30.7 Å². The summed E-state index contributed by atoms with van der Waals surface area (Å²) in [4.78, 5) is 2.58. The molecule has 0 bridgehead atoms. The van der Waals surface area contributed by atoms with E-state index < -0.39 is 0 Å². The van der Waals surface area contributed by atoms with E-state index in [0.29, 0.717) is 6.04 Å². The van der Waals surface area contributed by atoms with Gasteiger partial charge in [0.05, 0.1) is 0 Å². The summed E-state index contributed by atoms with van der Waals surface area (Å²) < 4.78 is 0. The number of likely N-dealkylation sites (tertiary alicyclic amines) is 1. The van der Waals surface area contributed by atoms with E-state index in [9.17, 15) is 0 Å². The first-order valence-corrected chi connectivity index (χ1v) is 7.01.